The van der Waals surface area contributed by atoms with Crippen LogP contribution in [0.4, 0.5) is 5.82 Å². The van der Waals surface area contributed by atoms with Crippen molar-refractivity contribution in [3.63, 3.8) is 0 Å². The monoisotopic (exact) mass is 382 g/mol. The highest BCUT2D eigenvalue weighted by Gasteiger charge is 2.41. The maximum Gasteiger partial charge on any atom is 0.222 e. The summed E-state index contributed by atoms with van der Waals surface area (Å²) in [5.41, 5.74) is 2.73. The first kappa shape index (κ1) is 19.2. The standard InChI is InChI=1S/C22H30N4O2/c1-16-12-20(24-17(2)19(16)13-23)25-9-7-22(8-10-25)6-5-21(27)26(15-22)14-18-4-3-11-28-18/h12,18H,3-11,14-15H2,1-2H3. The first-order chi connectivity index (χ1) is 13.5. The summed E-state index contributed by atoms with van der Waals surface area (Å²) in [6.07, 6.45) is 6.26. The number of hydrogen-bond donors (Lipinski definition) is 0. The molecule has 4 heterocycles. The van der Waals surface area contributed by atoms with E-state index in [4.69, 9.17) is 4.74 Å². The summed E-state index contributed by atoms with van der Waals surface area (Å²) in [7, 11) is 0. The fraction of sp³-hybridized carbons (Fsp3) is 0.682. The highest BCUT2D eigenvalue weighted by molar-refractivity contribution is 5.77. The third-order valence-electron chi connectivity index (χ3n) is 6.84. The molecule has 0 saturated carbocycles. The molecule has 1 aromatic rings. The number of hydrogen-bond acceptors (Lipinski definition) is 5. The van der Waals surface area contributed by atoms with Crippen molar-refractivity contribution in [2.75, 3.05) is 37.7 Å². The van der Waals surface area contributed by atoms with Crippen LogP contribution in [0.2, 0.25) is 0 Å². The number of aryl methyl sites for hydroxylation is 2. The third kappa shape index (κ3) is 3.73. The summed E-state index contributed by atoms with van der Waals surface area (Å²) >= 11 is 0. The van der Waals surface area contributed by atoms with Crippen LogP contribution in [-0.4, -0.2) is 54.7 Å². The lowest BCUT2D eigenvalue weighted by molar-refractivity contribution is -0.140. The van der Waals surface area contributed by atoms with Gasteiger partial charge in [0.1, 0.15) is 11.9 Å². The first-order valence-corrected chi connectivity index (χ1v) is 10.5. The number of ether oxygens (including phenoxy) is 1. The lowest BCUT2D eigenvalue weighted by Gasteiger charge is -2.48. The second kappa shape index (κ2) is 7.71. The van der Waals surface area contributed by atoms with Gasteiger partial charge in [-0.1, -0.05) is 0 Å². The summed E-state index contributed by atoms with van der Waals surface area (Å²) < 4.78 is 5.76. The average molecular weight is 383 g/mol. The molecule has 4 rings (SSSR count). The van der Waals surface area contributed by atoms with Crippen molar-refractivity contribution in [2.45, 2.75) is 58.5 Å². The third-order valence-corrected chi connectivity index (χ3v) is 6.84. The fourth-order valence-electron chi connectivity index (χ4n) is 5.06. The molecule has 6 nitrogen and oxygen atoms in total. The molecule has 1 aromatic heterocycles. The molecule has 0 bridgehead atoms. The van der Waals surface area contributed by atoms with Crippen LogP contribution in [0.5, 0.6) is 0 Å². The Kier molecular flexibility index (Phi) is 5.29. The molecule has 6 heteroatoms. The van der Waals surface area contributed by atoms with Crippen molar-refractivity contribution in [3.8, 4) is 6.07 Å². The molecular formula is C22H30N4O2. The van der Waals surface area contributed by atoms with E-state index in [0.29, 0.717) is 17.9 Å². The number of amides is 1. The van der Waals surface area contributed by atoms with Gasteiger partial charge in [0, 0.05) is 39.2 Å². The van der Waals surface area contributed by atoms with Gasteiger partial charge in [0.2, 0.25) is 5.91 Å². The Hall–Kier alpha value is -2.13. The van der Waals surface area contributed by atoms with E-state index in [9.17, 15) is 10.1 Å². The average Bonchev–Trinajstić information content (AvgIpc) is 3.18. The zero-order valence-corrected chi connectivity index (χ0v) is 17.0. The van der Waals surface area contributed by atoms with E-state index >= 15 is 0 Å². The Bertz CT molecular complexity index is 763. The van der Waals surface area contributed by atoms with E-state index in [0.717, 1.165) is 82.0 Å². The molecule has 1 atom stereocenters. The van der Waals surface area contributed by atoms with Gasteiger partial charge in [0.25, 0.3) is 0 Å². The van der Waals surface area contributed by atoms with Gasteiger partial charge in [0.15, 0.2) is 0 Å². The molecule has 3 aliphatic heterocycles. The highest BCUT2D eigenvalue weighted by atomic mass is 16.5. The summed E-state index contributed by atoms with van der Waals surface area (Å²) in [6.45, 7) is 8.29. The lowest BCUT2D eigenvalue weighted by Crippen LogP contribution is -2.53. The largest absolute Gasteiger partial charge is 0.376 e. The van der Waals surface area contributed by atoms with Crippen LogP contribution in [0, 0.1) is 30.6 Å². The molecule has 0 N–H and O–H groups in total. The summed E-state index contributed by atoms with van der Waals surface area (Å²) in [5.74, 6) is 1.27. The predicted octanol–water partition coefficient (Wildman–Crippen LogP) is 2.96. The predicted molar refractivity (Wildman–Crippen MR) is 107 cm³/mol. The quantitative estimate of drug-likeness (QED) is 0.804. The molecule has 3 saturated heterocycles. The number of piperidine rings is 2. The maximum atomic E-state index is 12.5. The molecule has 0 aromatic carbocycles. The lowest BCUT2D eigenvalue weighted by atomic mass is 9.72. The smallest absolute Gasteiger partial charge is 0.222 e. The van der Waals surface area contributed by atoms with E-state index < -0.39 is 0 Å². The molecule has 0 radical (unpaired) electrons. The number of likely N-dealkylation sites (tertiary alicyclic amines) is 1. The molecular weight excluding hydrogens is 352 g/mol. The number of carbonyl (C=O) groups is 1. The normalized spacial score (nSPS) is 24.6. The van der Waals surface area contributed by atoms with Crippen LogP contribution in [-0.2, 0) is 9.53 Å². The number of aromatic nitrogens is 1. The van der Waals surface area contributed by atoms with Crippen molar-refractivity contribution in [1.82, 2.24) is 9.88 Å². The number of carbonyl (C=O) groups excluding carboxylic acids is 1. The molecule has 28 heavy (non-hydrogen) atoms. The molecule has 0 aliphatic carbocycles. The van der Waals surface area contributed by atoms with Gasteiger partial charge >= 0.3 is 0 Å². The van der Waals surface area contributed by atoms with Crippen molar-refractivity contribution < 1.29 is 9.53 Å². The second-order valence-electron chi connectivity index (χ2n) is 8.77. The Labute approximate surface area is 167 Å². The number of anilines is 1. The van der Waals surface area contributed by atoms with Crippen LogP contribution in [0.15, 0.2) is 6.07 Å². The Morgan fingerprint density at radius 3 is 2.75 bits per heavy atom. The Morgan fingerprint density at radius 1 is 1.32 bits per heavy atom. The maximum absolute atomic E-state index is 12.5. The van der Waals surface area contributed by atoms with E-state index in [1.165, 1.54) is 0 Å². The van der Waals surface area contributed by atoms with Crippen LogP contribution in [0.3, 0.4) is 0 Å². The molecule has 1 unspecified atom stereocenters. The minimum Gasteiger partial charge on any atom is -0.376 e. The van der Waals surface area contributed by atoms with E-state index in [2.05, 4.69) is 20.9 Å². The van der Waals surface area contributed by atoms with Crippen molar-refractivity contribution in [3.05, 3.63) is 22.9 Å². The molecule has 3 fully saturated rings. The second-order valence-corrected chi connectivity index (χ2v) is 8.77. The minimum atomic E-state index is 0.230. The molecule has 150 valence electrons. The van der Waals surface area contributed by atoms with E-state index in [1.807, 2.05) is 19.9 Å². The van der Waals surface area contributed by atoms with Gasteiger partial charge in [-0.2, -0.15) is 5.26 Å². The van der Waals surface area contributed by atoms with Crippen LogP contribution in [0.25, 0.3) is 0 Å². The zero-order chi connectivity index (χ0) is 19.7. The van der Waals surface area contributed by atoms with Gasteiger partial charge in [-0.05, 0) is 63.0 Å². The molecule has 3 aliphatic rings. The van der Waals surface area contributed by atoms with Crippen molar-refractivity contribution >= 4 is 11.7 Å². The zero-order valence-electron chi connectivity index (χ0n) is 17.0. The van der Waals surface area contributed by atoms with Gasteiger partial charge in [0.05, 0.1) is 17.4 Å². The fourth-order valence-corrected chi connectivity index (χ4v) is 5.06. The van der Waals surface area contributed by atoms with Gasteiger partial charge in [-0.15, -0.1) is 0 Å². The topological polar surface area (TPSA) is 69.5 Å². The number of nitriles is 1. The van der Waals surface area contributed by atoms with Crippen LogP contribution >= 0.6 is 0 Å². The molecule has 1 spiro atoms. The van der Waals surface area contributed by atoms with Crippen LogP contribution in [0.1, 0.15) is 55.3 Å². The SMILES string of the molecule is Cc1cc(N2CCC3(CCC(=O)N(CC4CCCO4)C3)CC2)nc(C)c1C#N. The van der Waals surface area contributed by atoms with Gasteiger partial charge in [-0.3, -0.25) is 4.79 Å². The number of nitrogens with zero attached hydrogens (tertiary/aromatic N) is 4. The number of pyridine rings is 1. The summed E-state index contributed by atoms with van der Waals surface area (Å²) in [6, 6.07) is 4.29. The number of rotatable bonds is 3. The van der Waals surface area contributed by atoms with Gasteiger partial charge < -0.3 is 14.5 Å². The highest BCUT2D eigenvalue weighted by Crippen LogP contribution is 2.41. The van der Waals surface area contributed by atoms with Crippen LogP contribution < -0.4 is 4.90 Å². The van der Waals surface area contributed by atoms with Gasteiger partial charge in [-0.25, -0.2) is 4.98 Å². The van der Waals surface area contributed by atoms with E-state index in [-0.39, 0.29) is 11.5 Å². The summed E-state index contributed by atoms with van der Waals surface area (Å²) in [5, 5.41) is 9.27. The van der Waals surface area contributed by atoms with E-state index in [1.54, 1.807) is 0 Å². The summed E-state index contributed by atoms with van der Waals surface area (Å²) in [4.78, 5) is 21.5. The Balaban J connectivity index is 1.41. The minimum absolute atomic E-state index is 0.230. The molecule has 1 amide bonds. The van der Waals surface area contributed by atoms with Crippen molar-refractivity contribution in [2.24, 2.45) is 5.41 Å². The van der Waals surface area contributed by atoms with Crippen molar-refractivity contribution in [1.29, 1.82) is 5.26 Å². The Morgan fingerprint density at radius 2 is 2.11 bits per heavy atom. The first-order valence-electron chi connectivity index (χ1n) is 10.5.